The van der Waals surface area contributed by atoms with Crippen molar-refractivity contribution in [2.75, 3.05) is 20.1 Å². The summed E-state index contributed by atoms with van der Waals surface area (Å²) in [7, 11) is -0.0712. The molecule has 0 saturated carbocycles. The van der Waals surface area contributed by atoms with Crippen LogP contribution in [0.2, 0.25) is 10.2 Å². The van der Waals surface area contributed by atoms with Gasteiger partial charge in [0, 0.05) is 32.9 Å². The first-order chi connectivity index (χ1) is 12.7. The number of guanidine groups is 1. The molecule has 0 unspecified atom stereocenters. The fourth-order valence-electron chi connectivity index (χ4n) is 2.32. The highest BCUT2D eigenvalue weighted by molar-refractivity contribution is 14.0. The molecule has 156 valence electrons. The van der Waals surface area contributed by atoms with Crippen molar-refractivity contribution < 1.29 is 8.42 Å². The van der Waals surface area contributed by atoms with Gasteiger partial charge in [0.15, 0.2) is 5.96 Å². The maximum Gasteiger partial charge on any atom is 0.240 e. The zero-order chi connectivity index (χ0) is 20.0. The lowest BCUT2D eigenvalue weighted by Gasteiger charge is -2.13. The first-order valence-electron chi connectivity index (χ1n) is 8.25. The van der Waals surface area contributed by atoms with Gasteiger partial charge in [-0.2, -0.15) is 0 Å². The van der Waals surface area contributed by atoms with Crippen LogP contribution in [0.5, 0.6) is 0 Å². The van der Waals surface area contributed by atoms with E-state index in [-0.39, 0.29) is 35.4 Å². The van der Waals surface area contributed by atoms with Crippen LogP contribution in [0.1, 0.15) is 11.3 Å². The van der Waals surface area contributed by atoms with E-state index in [2.05, 4.69) is 20.3 Å². The minimum absolute atomic E-state index is 0. The molecule has 0 aliphatic heterocycles. The molecule has 28 heavy (non-hydrogen) atoms. The van der Waals surface area contributed by atoms with E-state index in [0.29, 0.717) is 29.2 Å². The molecule has 2 rings (SSSR count). The van der Waals surface area contributed by atoms with E-state index in [4.69, 9.17) is 23.2 Å². The lowest BCUT2D eigenvalue weighted by atomic mass is 10.2. The number of sulfonamides is 1. The molecule has 0 aliphatic rings. The molecule has 0 amide bonds. The van der Waals surface area contributed by atoms with E-state index in [1.54, 1.807) is 41.9 Å². The number of rotatable bonds is 7. The van der Waals surface area contributed by atoms with Crippen LogP contribution >= 0.6 is 47.2 Å². The fraction of sp³-hybridized carbons (Fsp3) is 0.353. The quantitative estimate of drug-likeness (QED) is 0.211. The molecule has 2 aromatic rings. The highest BCUT2D eigenvalue weighted by Gasteiger charge is 2.13. The van der Waals surface area contributed by atoms with Gasteiger partial charge in [-0.25, -0.2) is 13.1 Å². The lowest BCUT2D eigenvalue weighted by molar-refractivity contribution is 0.580. The van der Waals surface area contributed by atoms with Crippen molar-refractivity contribution in [2.45, 2.75) is 18.4 Å². The normalized spacial score (nSPS) is 11.8. The minimum Gasteiger partial charge on any atom is -0.355 e. The van der Waals surface area contributed by atoms with Gasteiger partial charge in [-0.15, -0.1) is 24.0 Å². The first kappa shape index (κ1) is 25.0. The Hall–Kier alpha value is -1.01. The minimum atomic E-state index is -3.53. The van der Waals surface area contributed by atoms with E-state index >= 15 is 0 Å². The number of aryl methyl sites for hydroxylation is 1. The molecule has 11 heteroatoms. The monoisotopic (exact) mass is 559 g/mol. The van der Waals surface area contributed by atoms with Crippen molar-refractivity contribution in [3.63, 3.8) is 0 Å². The average Bonchev–Trinajstić information content (AvgIpc) is 2.88. The summed E-state index contributed by atoms with van der Waals surface area (Å²) in [5, 5.41) is 7.14. The molecular formula is C17H24Cl2IN5O2S. The summed E-state index contributed by atoms with van der Waals surface area (Å²) in [5.41, 5.74) is 1.90. The van der Waals surface area contributed by atoms with Gasteiger partial charge in [0.05, 0.1) is 16.5 Å². The van der Waals surface area contributed by atoms with Crippen molar-refractivity contribution >= 4 is 63.2 Å². The number of nitrogens with one attached hydrogen (secondary N) is 3. The number of halogens is 3. The van der Waals surface area contributed by atoms with Gasteiger partial charge in [0.1, 0.15) is 5.15 Å². The van der Waals surface area contributed by atoms with Crippen molar-refractivity contribution in [3.8, 4) is 0 Å². The highest BCUT2D eigenvalue weighted by Crippen LogP contribution is 2.24. The standard InChI is InChI=1S/C17H23Cl2N5O2S.HI/c1-12-4-6-14(7-5-12)27(25,26)23-9-8-21-17(20-2)22-11-13-10-15(18)16(19)24(13)3;/h4-7,10,23H,8-9,11H2,1-3H3,(H2,20,21,22);1H. The molecule has 3 N–H and O–H groups in total. The molecule has 0 aliphatic carbocycles. The Morgan fingerprint density at radius 3 is 2.32 bits per heavy atom. The van der Waals surface area contributed by atoms with Crippen molar-refractivity contribution in [1.29, 1.82) is 0 Å². The van der Waals surface area contributed by atoms with Gasteiger partial charge in [-0.3, -0.25) is 4.99 Å². The highest BCUT2D eigenvalue weighted by atomic mass is 127. The van der Waals surface area contributed by atoms with Crippen molar-refractivity contribution in [2.24, 2.45) is 12.0 Å². The Labute approximate surface area is 193 Å². The maximum atomic E-state index is 12.2. The van der Waals surface area contributed by atoms with Crippen LogP contribution in [0.25, 0.3) is 0 Å². The molecule has 7 nitrogen and oxygen atoms in total. The Morgan fingerprint density at radius 2 is 1.79 bits per heavy atom. The van der Waals surface area contributed by atoms with Crippen LogP contribution in [0.15, 0.2) is 40.2 Å². The third-order valence-electron chi connectivity index (χ3n) is 3.92. The first-order valence-corrected chi connectivity index (χ1v) is 10.5. The Morgan fingerprint density at radius 1 is 1.14 bits per heavy atom. The van der Waals surface area contributed by atoms with Gasteiger partial charge in [0.2, 0.25) is 10.0 Å². The molecule has 1 heterocycles. The molecule has 0 bridgehead atoms. The molecule has 0 fully saturated rings. The van der Waals surface area contributed by atoms with Gasteiger partial charge in [-0.1, -0.05) is 40.9 Å². The van der Waals surface area contributed by atoms with Crippen LogP contribution in [-0.2, 0) is 23.6 Å². The number of aromatic nitrogens is 1. The third-order valence-corrected chi connectivity index (χ3v) is 6.24. The fourth-order valence-corrected chi connectivity index (χ4v) is 3.77. The summed E-state index contributed by atoms with van der Waals surface area (Å²) in [6.45, 7) is 2.97. The summed E-state index contributed by atoms with van der Waals surface area (Å²) in [4.78, 5) is 4.35. The molecule has 0 atom stereocenters. The summed E-state index contributed by atoms with van der Waals surface area (Å²) < 4.78 is 28.8. The molecular weight excluding hydrogens is 536 g/mol. The molecule has 0 saturated heterocycles. The van der Waals surface area contributed by atoms with E-state index in [1.165, 1.54) is 0 Å². The Kier molecular flexibility index (Phi) is 10.1. The molecule has 0 spiro atoms. The van der Waals surface area contributed by atoms with Crippen LogP contribution in [0, 0.1) is 6.92 Å². The Bertz CT molecular complexity index is 914. The number of hydrogen-bond donors (Lipinski definition) is 3. The van der Waals surface area contributed by atoms with Crippen LogP contribution in [0.3, 0.4) is 0 Å². The van der Waals surface area contributed by atoms with Gasteiger partial charge >= 0.3 is 0 Å². The number of hydrogen-bond acceptors (Lipinski definition) is 3. The largest absolute Gasteiger partial charge is 0.355 e. The second-order valence-corrected chi connectivity index (χ2v) is 8.43. The van der Waals surface area contributed by atoms with Crippen molar-refractivity contribution in [3.05, 3.63) is 51.8 Å². The summed E-state index contributed by atoms with van der Waals surface area (Å²) in [6.07, 6.45) is 0. The average molecular weight is 560 g/mol. The lowest BCUT2D eigenvalue weighted by Crippen LogP contribution is -2.41. The second-order valence-electron chi connectivity index (χ2n) is 5.90. The molecule has 0 radical (unpaired) electrons. The third kappa shape index (κ3) is 6.80. The van der Waals surface area contributed by atoms with Gasteiger partial charge in [0.25, 0.3) is 0 Å². The number of nitrogens with zero attached hydrogens (tertiary/aromatic N) is 2. The SMILES string of the molecule is CN=C(NCCNS(=O)(=O)c1ccc(C)cc1)NCc1cc(Cl)c(Cl)n1C.I. The van der Waals surface area contributed by atoms with Crippen LogP contribution in [0.4, 0.5) is 0 Å². The Balaban J connectivity index is 0.00000392. The molecule has 1 aromatic heterocycles. The predicted molar refractivity (Wildman–Crippen MR) is 125 cm³/mol. The zero-order valence-electron chi connectivity index (χ0n) is 15.8. The maximum absolute atomic E-state index is 12.2. The van der Waals surface area contributed by atoms with E-state index < -0.39 is 10.0 Å². The summed E-state index contributed by atoms with van der Waals surface area (Å²) in [5.74, 6) is 0.540. The van der Waals surface area contributed by atoms with Crippen molar-refractivity contribution in [1.82, 2.24) is 19.9 Å². The number of aliphatic imine (C=N–C) groups is 1. The van der Waals surface area contributed by atoms with Gasteiger partial charge in [-0.05, 0) is 25.1 Å². The topological polar surface area (TPSA) is 87.5 Å². The second kappa shape index (κ2) is 11.2. The zero-order valence-corrected chi connectivity index (χ0v) is 20.5. The summed E-state index contributed by atoms with van der Waals surface area (Å²) in [6, 6.07) is 8.48. The van der Waals surface area contributed by atoms with Crippen LogP contribution in [-0.4, -0.2) is 39.1 Å². The summed E-state index contributed by atoms with van der Waals surface area (Å²) >= 11 is 12.0. The van der Waals surface area contributed by atoms with E-state index in [1.807, 2.05) is 14.0 Å². The smallest absolute Gasteiger partial charge is 0.240 e. The molecule has 1 aromatic carbocycles. The number of benzene rings is 1. The van der Waals surface area contributed by atoms with Crippen LogP contribution < -0.4 is 15.4 Å². The van der Waals surface area contributed by atoms with E-state index in [9.17, 15) is 8.42 Å². The van der Waals surface area contributed by atoms with Gasteiger partial charge < -0.3 is 15.2 Å². The predicted octanol–water partition coefficient (Wildman–Crippen LogP) is 2.90. The van der Waals surface area contributed by atoms with E-state index in [0.717, 1.165) is 11.3 Å².